The summed E-state index contributed by atoms with van der Waals surface area (Å²) < 4.78 is 0. The SMILES string of the molecule is O=C(N=CC(CO)Cc1ccccc1)[C@H]1C[C@@H](C2CCCCC2)CCN1. The Bertz CT molecular complexity index is 581. The molecule has 1 heterocycles. The quantitative estimate of drug-likeness (QED) is 0.768. The molecule has 1 aromatic rings. The van der Waals surface area contributed by atoms with Crippen molar-refractivity contribution in [2.24, 2.45) is 22.7 Å². The van der Waals surface area contributed by atoms with Crippen molar-refractivity contribution in [1.82, 2.24) is 5.32 Å². The molecule has 1 aromatic carbocycles. The molecule has 1 aliphatic carbocycles. The van der Waals surface area contributed by atoms with Gasteiger partial charge in [-0.3, -0.25) is 4.79 Å². The number of carbonyl (C=O) groups is 1. The van der Waals surface area contributed by atoms with E-state index in [-0.39, 0.29) is 24.5 Å². The van der Waals surface area contributed by atoms with Gasteiger partial charge in [-0.05, 0) is 43.2 Å². The molecule has 0 spiro atoms. The van der Waals surface area contributed by atoms with Gasteiger partial charge in [0.2, 0.25) is 0 Å². The third kappa shape index (κ3) is 5.49. The minimum Gasteiger partial charge on any atom is -0.396 e. The largest absolute Gasteiger partial charge is 0.396 e. The van der Waals surface area contributed by atoms with Gasteiger partial charge in [-0.2, -0.15) is 0 Å². The summed E-state index contributed by atoms with van der Waals surface area (Å²) >= 11 is 0. The molecule has 0 aromatic heterocycles. The van der Waals surface area contributed by atoms with Crippen molar-refractivity contribution >= 4 is 12.1 Å². The lowest BCUT2D eigenvalue weighted by Crippen LogP contribution is -2.44. The highest BCUT2D eigenvalue weighted by atomic mass is 16.3. The molecular weight excluding hydrogens is 324 g/mol. The van der Waals surface area contributed by atoms with Gasteiger partial charge in [0.15, 0.2) is 0 Å². The summed E-state index contributed by atoms with van der Waals surface area (Å²) in [5.41, 5.74) is 1.15. The molecule has 142 valence electrons. The number of aliphatic hydroxyl groups is 1. The Hall–Kier alpha value is -1.52. The standard InChI is InChI=1S/C22H32N2O2/c25-16-18(13-17-7-3-1-4-8-17)15-24-22(26)21-14-20(11-12-23-21)19-9-5-2-6-10-19/h1,3-4,7-8,15,18-21,23,25H,2,5-6,9-14,16H2/t18?,20-,21+/m0/s1. The van der Waals surface area contributed by atoms with Gasteiger partial charge in [0.1, 0.15) is 0 Å². The average Bonchev–Trinajstić information content (AvgIpc) is 2.72. The van der Waals surface area contributed by atoms with Crippen molar-refractivity contribution in [3.63, 3.8) is 0 Å². The molecule has 1 aliphatic heterocycles. The Morgan fingerprint density at radius 1 is 1.15 bits per heavy atom. The monoisotopic (exact) mass is 356 g/mol. The van der Waals surface area contributed by atoms with Gasteiger partial charge >= 0.3 is 0 Å². The highest BCUT2D eigenvalue weighted by Gasteiger charge is 2.31. The number of amides is 1. The van der Waals surface area contributed by atoms with E-state index in [0.29, 0.717) is 12.3 Å². The van der Waals surface area contributed by atoms with Gasteiger partial charge in [-0.15, -0.1) is 0 Å². The maximum absolute atomic E-state index is 12.6. The second kappa shape index (κ2) is 9.98. The van der Waals surface area contributed by atoms with Crippen LogP contribution in [0.15, 0.2) is 35.3 Å². The Morgan fingerprint density at radius 3 is 2.65 bits per heavy atom. The van der Waals surface area contributed by atoms with Gasteiger partial charge in [-0.25, -0.2) is 4.99 Å². The lowest BCUT2D eigenvalue weighted by molar-refractivity contribution is -0.120. The van der Waals surface area contributed by atoms with Crippen LogP contribution in [0.3, 0.4) is 0 Å². The van der Waals surface area contributed by atoms with E-state index in [9.17, 15) is 9.90 Å². The zero-order chi connectivity index (χ0) is 18.2. The van der Waals surface area contributed by atoms with Crippen LogP contribution in [0.5, 0.6) is 0 Å². The molecule has 4 nitrogen and oxygen atoms in total. The molecule has 3 atom stereocenters. The number of carbonyl (C=O) groups excluding carboxylic acids is 1. The van der Waals surface area contributed by atoms with E-state index in [0.717, 1.165) is 24.4 Å². The third-order valence-corrected chi connectivity index (χ3v) is 6.05. The third-order valence-electron chi connectivity index (χ3n) is 6.05. The number of piperidine rings is 1. The van der Waals surface area contributed by atoms with Crippen LogP contribution in [0.2, 0.25) is 0 Å². The second-order valence-corrected chi connectivity index (χ2v) is 7.94. The van der Waals surface area contributed by atoms with Gasteiger partial charge in [0, 0.05) is 12.1 Å². The van der Waals surface area contributed by atoms with Crippen molar-refractivity contribution < 1.29 is 9.90 Å². The number of rotatable bonds is 6. The number of aliphatic hydroxyl groups excluding tert-OH is 1. The van der Waals surface area contributed by atoms with E-state index >= 15 is 0 Å². The summed E-state index contributed by atoms with van der Waals surface area (Å²) in [6.45, 7) is 0.926. The molecule has 2 fully saturated rings. The van der Waals surface area contributed by atoms with Crippen LogP contribution in [0.4, 0.5) is 0 Å². The van der Waals surface area contributed by atoms with Gasteiger partial charge in [0.25, 0.3) is 5.91 Å². The molecule has 0 radical (unpaired) electrons. The molecule has 4 heteroatoms. The molecule has 26 heavy (non-hydrogen) atoms. The number of hydrogen-bond donors (Lipinski definition) is 2. The number of nitrogens with one attached hydrogen (secondary N) is 1. The summed E-state index contributed by atoms with van der Waals surface area (Å²) in [7, 11) is 0. The Morgan fingerprint density at radius 2 is 1.92 bits per heavy atom. The molecule has 1 saturated carbocycles. The summed E-state index contributed by atoms with van der Waals surface area (Å²) in [5.74, 6) is 1.28. The van der Waals surface area contributed by atoms with Crippen LogP contribution in [-0.4, -0.2) is 36.4 Å². The van der Waals surface area contributed by atoms with E-state index in [1.54, 1.807) is 6.21 Å². The van der Waals surface area contributed by atoms with E-state index < -0.39 is 0 Å². The van der Waals surface area contributed by atoms with Crippen LogP contribution in [-0.2, 0) is 11.2 Å². The number of aliphatic imine (C=N–C) groups is 1. The molecule has 2 N–H and O–H groups in total. The molecule has 1 saturated heterocycles. The molecule has 1 unspecified atom stereocenters. The lowest BCUT2D eigenvalue weighted by atomic mass is 9.74. The molecular formula is C22H32N2O2. The first-order chi connectivity index (χ1) is 12.8. The molecule has 2 aliphatic rings. The molecule has 1 amide bonds. The first-order valence-electron chi connectivity index (χ1n) is 10.2. The number of nitrogens with zero attached hydrogens (tertiary/aromatic N) is 1. The van der Waals surface area contributed by atoms with Gasteiger partial charge in [0.05, 0.1) is 12.6 Å². The van der Waals surface area contributed by atoms with Crippen molar-refractivity contribution in [1.29, 1.82) is 0 Å². The van der Waals surface area contributed by atoms with E-state index in [2.05, 4.69) is 10.3 Å². The number of hydrogen-bond acceptors (Lipinski definition) is 3. The first kappa shape index (κ1) is 19.2. The van der Waals surface area contributed by atoms with Crippen molar-refractivity contribution in [3.8, 4) is 0 Å². The van der Waals surface area contributed by atoms with Crippen LogP contribution in [0, 0.1) is 17.8 Å². The van der Waals surface area contributed by atoms with E-state index in [1.165, 1.54) is 38.5 Å². The Labute approximate surface area is 157 Å². The second-order valence-electron chi connectivity index (χ2n) is 7.94. The van der Waals surface area contributed by atoms with Gasteiger partial charge in [-0.1, -0.05) is 62.4 Å². The van der Waals surface area contributed by atoms with Crippen LogP contribution >= 0.6 is 0 Å². The maximum Gasteiger partial charge on any atom is 0.262 e. The minimum absolute atomic E-state index is 0.00840. The highest BCUT2D eigenvalue weighted by Crippen LogP contribution is 2.35. The normalized spacial score (nSPS) is 26.0. The molecule has 3 rings (SSSR count). The lowest BCUT2D eigenvalue weighted by Gasteiger charge is -2.36. The fourth-order valence-corrected chi connectivity index (χ4v) is 4.52. The number of benzene rings is 1. The smallest absolute Gasteiger partial charge is 0.262 e. The van der Waals surface area contributed by atoms with Crippen LogP contribution in [0.1, 0.15) is 50.5 Å². The maximum atomic E-state index is 12.6. The predicted molar refractivity (Wildman–Crippen MR) is 105 cm³/mol. The average molecular weight is 357 g/mol. The van der Waals surface area contributed by atoms with Crippen LogP contribution < -0.4 is 5.32 Å². The summed E-state index contributed by atoms with van der Waals surface area (Å²) in [6.07, 6.45) is 11.2. The van der Waals surface area contributed by atoms with Crippen molar-refractivity contribution in [2.45, 2.75) is 57.4 Å². The van der Waals surface area contributed by atoms with E-state index in [4.69, 9.17) is 0 Å². The topological polar surface area (TPSA) is 61.7 Å². The van der Waals surface area contributed by atoms with Crippen molar-refractivity contribution in [3.05, 3.63) is 35.9 Å². The fourth-order valence-electron chi connectivity index (χ4n) is 4.52. The van der Waals surface area contributed by atoms with Gasteiger partial charge < -0.3 is 10.4 Å². The van der Waals surface area contributed by atoms with E-state index in [1.807, 2.05) is 30.3 Å². The summed E-state index contributed by atoms with van der Waals surface area (Å²) in [4.78, 5) is 16.8. The minimum atomic E-state index is -0.150. The predicted octanol–water partition coefficient (Wildman–Crippen LogP) is 3.38. The Kier molecular flexibility index (Phi) is 7.39. The van der Waals surface area contributed by atoms with Crippen LogP contribution in [0.25, 0.3) is 0 Å². The highest BCUT2D eigenvalue weighted by molar-refractivity contribution is 5.89. The summed E-state index contributed by atoms with van der Waals surface area (Å²) in [6, 6.07) is 9.88. The fraction of sp³-hybridized carbons (Fsp3) is 0.636. The summed E-state index contributed by atoms with van der Waals surface area (Å²) in [5, 5.41) is 13.0. The van der Waals surface area contributed by atoms with Crippen molar-refractivity contribution in [2.75, 3.05) is 13.2 Å². The zero-order valence-corrected chi connectivity index (χ0v) is 15.6. The zero-order valence-electron chi connectivity index (χ0n) is 15.6. The molecule has 0 bridgehead atoms. The first-order valence-corrected chi connectivity index (χ1v) is 10.2. The Balaban J connectivity index is 1.53.